The Morgan fingerprint density at radius 2 is 1.80 bits per heavy atom. The fourth-order valence-corrected chi connectivity index (χ4v) is 3.43. The smallest absolute Gasteiger partial charge is 0.387 e. The van der Waals surface area contributed by atoms with Crippen molar-refractivity contribution in [3.63, 3.8) is 0 Å². The van der Waals surface area contributed by atoms with Gasteiger partial charge in [-0.25, -0.2) is 0 Å². The number of aromatic nitrogens is 2. The largest absolute Gasteiger partial charge is 0.433 e. The number of ether oxygens (including phenoxy) is 1. The summed E-state index contributed by atoms with van der Waals surface area (Å²) in [5.74, 6) is 0.0309. The van der Waals surface area contributed by atoms with Gasteiger partial charge in [-0.05, 0) is 63.2 Å². The first-order chi connectivity index (χ1) is 14.2. The van der Waals surface area contributed by atoms with E-state index < -0.39 is 6.61 Å². The molecule has 1 heterocycles. The highest BCUT2D eigenvalue weighted by atomic mass is 32.1. The first kappa shape index (κ1) is 21.7. The maximum Gasteiger partial charge on any atom is 0.387 e. The third kappa shape index (κ3) is 5.33. The zero-order chi connectivity index (χ0) is 21.8. The fourth-order valence-electron chi connectivity index (χ4n) is 3.22. The van der Waals surface area contributed by atoms with Crippen LogP contribution >= 0.6 is 12.2 Å². The molecule has 0 atom stereocenters. The maximum absolute atomic E-state index is 12.7. The van der Waals surface area contributed by atoms with Crippen molar-refractivity contribution in [1.29, 1.82) is 0 Å². The second-order valence-corrected chi connectivity index (χ2v) is 7.56. The normalized spacial score (nSPS) is 10.9. The highest BCUT2D eigenvalue weighted by molar-refractivity contribution is 7.80. The standard InChI is InChI=1S/C22H24F2N4OS/c1-13-6-5-7-17(10-13)12-28-16(4)20(15(3)27-28)26-22(30)25-18-11-14(2)8-9-19(18)29-21(23)24/h5-11,21H,12H2,1-4H3,(H2,25,26,30). The van der Waals surface area contributed by atoms with E-state index in [2.05, 4.69) is 45.6 Å². The quantitative estimate of drug-likeness (QED) is 0.501. The molecule has 30 heavy (non-hydrogen) atoms. The van der Waals surface area contributed by atoms with Gasteiger partial charge in [-0.3, -0.25) is 4.68 Å². The van der Waals surface area contributed by atoms with Gasteiger partial charge in [0.1, 0.15) is 5.75 Å². The van der Waals surface area contributed by atoms with Gasteiger partial charge >= 0.3 is 6.61 Å². The lowest BCUT2D eigenvalue weighted by Gasteiger charge is -2.15. The molecule has 8 heteroatoms. The molecule has 2 N–H and O–H groups in total. The van der Waals surface area contributed by atoms with Gasteiger partial charge in [0.25, 0.3) is 0 Å². The summed E-state index contributed by atoms with van der Waals surface area (Å²) in [6.07, 6.45) is 0. The molecule has 0 bridgehead atoms. The van der Waals surface area contributed by atoms with Crippen molar-refractivity contribution in [3.05, 3.63) is 70.5 Å². The van der Waals surface area contributed by atoms with Gasteiger partial charge < -0.3 is 15.4 Å². The van der Waals surface area contributed by atoms with Crippen molar-refractivity contribution < 1.29 is 13.5 Å². The molecule has 158 valence electrons. The summed E-state index contributed by atoms with van der Waals surface area (Å²) in [5, 5.41) is 11.0. The van der Waals surface area contributed by atoms with Gasteiger partial charge in [0, 0.05) is 0 Å². The van der Waals surface area contributed by atoms with Gasteiger partial charge in [-0.1, -0.05) is 35.9 Å². The molecule has 3 aromatic rings. The second-order valence-electron chi connectivity index (χ2n) is 7.15. The number of alkyl halides is 2. The predicted molar refractivity (Wildman–Crippen MR) is 120 cm³/mol. The Morgan fingerprint density at radius 1 is 1.07 bits per heavy atom. The fraction of sp³-hybridized carbons (Fsp3) is 0.273. The van der Waals surface area contributed by atoms with Gasteiger partial charge in [-0.2, -0.15) is 13.9 Å². The highest BCUT2D eigenvalue weighted by Gasteiger charge is 2.15. The van der Waals surface area contributed by atoms with E-state index in [1.165, 1.54) is 11.6 Å². The third-order valence-corrected chi connectivity index (χ3v) is 4.84. The van der Waals surface area contributed by atoms with Crippen LogP contribution < -0.4 is 15.4 Å². The monoisotopic (exact) mass is 430 g/mol. The summed E-state index contributed by atoms with van der Waals surface area (Å²) in [6, 6.07) is 13.1. The maximum atomic E-state index is 12.7. The molecule has 1 aromatic heterocycles. The molecule has 0 spiro atoms. The second kappa shape index (κ2) is 9.21. The molecular weight excluding hydrogens is 406 g/mol. The summed E-state index contributed by atoms with van der Waals surface area (Å²) < 4.78 is 31.9. The van der Waals surface area contributed by atoms with E-state index in [1.807, 2.05) is 31.5 Å². The van der Waals surface area contributed by atoms with Crippen LogP contribution in [0.5, 0.6) is 5.75 Å². The average Bonchev–Trinajstić information content (AvgIpc) is 2.91. The third-order valence-electron chi connectivity index (χ3n) is 4.63. The summed E-state index contributed by atoms with van der Waals surface area (Å²) in [5.41, 5.74) is 6.10. The summed E-state index contributed by atoms with van der Waals surface area (Å²) in [6.45, 7) is 5.48. The van der Waals surface area contributed by atoms with E-state index in [0.717, 1.165) is 28.2 Å². The number of nitrogens with one attached hydrogen (secondary N) is 2. The van der Waals surface area contributed by atoms with Crippen LogP contribution in [-0.2, 0) is 6.54 Å². The Kier molecular flexibility index (Phi) is 6.66. The van der Waals surface area contributed by atoms with Gasteiger partial charge in [-0.15, -0.1) is 0 Å². The number of thiocarbonyl (C=S) groups is 1. The summed E-state index contributed by atoms with van der Waals surface area (Å²) in [4.78, 5) is 0. The molecule has 0 saturated heterocycles. The molecule has 0 radical (unpaired) electrons. The summed E-state index contributed by atoms with van der Waals surface area (Å²) >= 11 is 5.41. The number of rotatable bonds is 6. The van der Waals surface area contributed by atoms with Crippen molar-refractivity contribution in [3.8, 4) is 5.75 Å². The number of benzene rings is 2. The van der Waals surface area contributed by atoms with E-state index in [0.29, 0.717) is 12.2 Å². The Hall–Kier alpha value is -3.00. The Bertz CT molecular complexity index is 1070. The van der Waals surface area contributed by atoms with Crippen LogP contribution in [0.1, 0.15) is 28.1 Å². The summed E-state index contributed by atoms with van der Waals surface area (Å²) in [7, 11) is 0. The van der Waals surface area contributed by atoms with Gasteiger partial charge in [0.15, 0.2) is 5.11 Å². The van der Waals surface area contributed by atoms with E-state index >= 15 is 0 Å². The number of hydrogen-bond acceptors (Lipinski definition) is 3. The van der Waals surface area contributed by atoms with Crippen molar-refractivity contribution in [1.82, 2.24) is 9.78 Å². The topological polar surface area (TPSA) is 51.1 Å². The number of hydrogen-bond donors (Lipinski definition) is 2. The molecule has 0 amide bonds. The number of halogens is 2. The molecule has 5 nitrogen and oxygen atoms in total. The molecule has 0 saturated carbocycles. The Balaban J connectivity index is 1.76. The lowest BCUT2D eigenvalue weighted by atomic mass is 10.1. The zero-order valence-corrected chi connectivity index (χ0v) is 18.1. The van der Waals surface area contributed by atoms with Crippen molar-refractivity contribution >= 4 is 28.7 Å². The highest BCUT2D eigenvalue weighted by Crippen LogP contribution is 2.28. The zero-order valence-electron chi connectivity index (χ0n) is 17.3. The molecule has 0 unspecified atom stereocenters. The van der Waals surface area contributed by atoms with Crippen LogP contribution in [-0.4, -0.2) is 21.5 Å². The minimum atomic E-state index is -2.92. The van der Waals surface area contributed by atoms with Crippen LogP contribution in [0.15, 0.2) is 42.5 Å². The van der Waals surface area contributed by atoms with E-state index in [1.54, 1.807) is 12.1 Å². The van der Waals surface area contributed by atoms with Crippen molar-refractivity contribution in [2.24, 2.45) is 0 Å². The van der Waals surface area contributed by atoms with Crippen LogP contribution in [0.2, 0.25) is 0 Å². The van der Waals surface area contributed by atoms with Crippen LogP contribution in [0, 0.1) is 27.7 Å². The van der Waals surface area contributed by atoms with Crippen molar-refractivity contribution in [2.75, 3.05) is 10.6 Å². The van der Waals surface area contributed by atoms with Crippen LogP contribution in [0.25, 0.3) is 0 Å². The molecular formula is C22H24F2N4OS. The minimum Gasteiger partial charge on any atom is -0.433 e. The predicted octanol–water partition coefficient (Wildman–Crippen LogP) is 5.58. The number of anilines is 2. The van der Waals surface area contributed by atoms with Crippen LogP contribution in [0.3, 0.4) is 0 Å². The van der Waals surface area contributed by atoms with E-state index in [4.69, 9.17) is 12.2 Å². The average molecular weight is 431 g/mol. The first-order valence-corrected chi connectivity index (χ1v) is 9.87. The van der Waals surface area contributed by atoms with Crippen LogP contribution in [0.4, 0.5) is 20.2 Å². The van der Waals surface area contributed by atoms with E-state index in [-0.39, 0.29) is 10.9 Å². The molecule has 2 aromatic carbocycles. The molecule has 0 aliphatic rings. The van der Waals surface area contributed by atoms with Gasteiger partial charge in [0.2, 0.25) is 0 Å². The van der Waals surface area contributed by atoms with Gasteiger partial charge in [0.05, 0.1) is 29.3 Å². The Labute approximate surface area is 180 Å². The molecule has 0 fully saturated rings. The Morgan fingerprint density at radius 3 is 2.50 bits per heavy atom. The lowest BCUT2D eigenvalue weighted by Crippen LogP contribution is -2.21. The minimum absolute atomic E-state index is 0.0309. The van der Waals surface area contributed by atoms with E-state index in [9.17, 15) is 8.78 Å². The molecule has 0 aliphatic heterocycles. The number of nitrogens with zero attached hydrogens (tertiary/aromatic N) is 2. The lowest BCUT2D eigenvalue weighted by molar-refractivity contribution is -0.0493. The van der Waals surface area contributed by atoms with Crippen molar-refractivity contribution in [2.45, 2.75) is 40.9 Å². The first-order valence-electron chi connectivity index (χ1n) is 9.46. The number of aryl methyl sites for hydroxylation is 3. The SMILES string of the molecule is Cc1cccc(Cn2nc(C)c(NC(=S)Nc3cc(C)ccc3OC(F)F)c2C)c1. The molecule has 3 rings (SSSR count). The molecule has 0 aliphatic carbocycles.